The Morgan fingerprint density at radius 3 is 2.57 bits per heavy atom. The quantitative estimate of drug-likeness (QED) is 0.744. The monoisotopic (exact) mass is 379 g/mol. The number of hydrogen-bond donors (Lipinski definition) is 1. The molecule has 0 heterocycles. The number of anilines is 1. The first-order chi connectivity index (χ1) is 9.85. The highest BCUT2D eigenvalue weighted by Gasteiger charge is 2.31. The van der Waals surface area contributed by atoms with Crippen LogP contribution in [0.4, 0.5) is 18.9 Å². The van der Waals surface area contributed by atoms with Gasteiger partial charge >= 0.3 is 6.36 Å². The van der Waals surface area contributed by atoms with Crippen LogP contribution >= 0.6 is 27.5 Å². The topological polar surface area (TPSA) is 21.3 Å². The third-order valence-electron chi connectivity index (χ3n) is 2.60. The lowest BCUT2D eigenvalue weighted by atomic mass is 10.2. The molecule has 2 nitrogen and oxygen atoms in total. The summed E-state index contributed by atoms with van der Waals surface area (Å²) in [6.07, 6.45) is -4.72. The van der Waals surface area contributed by atoms with Gasteiger partial charge in [0.05, 0.1) is 5.69 Å². The number of ether oxygens (including phenoxy) is 1. The maximum absolute atomic E-state index is 12.3. The third-order valence-corrected chi connectivity index (χ3v) is 3.52. The lowest BCUT2D eigenvalue weighted by Gasteiger charge is -2.14. The van der Waals surface area contributed by atoms with Crippen LogP contribution in [0.15, 0.2) is 46.9 Å². The van der Waals surface area contributed by atoms with Gasteiger partial charge in [-0.2, -0.15) is 0 Å². The van der Waals surface area contributed by atoms with Gasteiger partial charge in [0.15, 0.2) is 0 Å². The largest absolute Gasteiger partial charge is 0.573 e. The minimum atomic E-state index is -4.72. The first kappa shape index (κ1) is 16.0. The number of hydrogen-bond acceptors (Lipinski definition) is 2. The summed E-state index contributed by atoms with van der Waals surface area (Å²) in [6.45, 7) is 0.172. The number of nitrogens with one attached hydrogen (secondary N) is 1. The summed E-state index contributed by atoms with van der Waals surface area (Å²) in [5.74, 6) is -0.226. The molecule has 0 radical (unpaired) electrons. The van der Waals surface area contributed by atoms with Gasteiger partial charge < -0.3 is 10.1 Å². The molecule has 1 N–H and O–H groups in total. The minimum absolute atomic E-state index is 0.172. The number of halogens is 5. The van der Waals surface area contributed by atoms with Gasteiger partial charge in [0, 0.05) is 21.6 Å². The van der Waals surface area contributed by atoms with E-state index in [0.29, 0.717) is 16.3 Å². The number of alkyl halides is 3. The molecule has 0 aliphatic heterocycles. The van der Waals surface area contributed by atoms with Crippen LogP contribution in [-0.4, -0.2) is 6.36 Å². The Labute approximate surface area is 133 Å². The highest BCUT2D eigenvalue weighted by molar-refractivity contribution is 9.10. The summed E-state index contributed by atoms with van der Waals surface area (Å²) in [5.41, 5.74) is 1.08. The first-order valence-corrected chi connectivity index (χ1v) is 7.05. The van der Waals surface area contributed by atoms with Crippen LogP contribution in [0, 0.1) is 0 Å². The molecular formula is C14H10BrClF3NO. The predicted molar refractivity (Wildman–Crippen MR) is 79.6 cm³/mol. The van der Waals surface area contributed by atoms with Gasteiger partial charge in [0.25, 0.3) is 0 Å². The van der Waals surface area contributed by atoms with Crippen molar-refractivity contribution in [2.24, 2.45) is 0 Å². The van der Waals surface area contributed by atoms with E-state index in [1.807, 2.05) is 0 Å². The van der Waals surface area contributed by atoms with Crippen molar-refractivity contribution in [3.05, 3.63) is 57.5 Å². The van der Waals surface area contributed by atoms with E-state index in [4.69, 9.17) is 11.6 Å². The average Bonchev–Trinajstić information content (AvgIpc) is 2.39. The molecular weight excluding hydrogens is 371 g/mol. The molecule has 0 atom stereocenters. The summed E-state index contributed by atoms with van der Waals surface area (Å²) < 4.78 is 41.8. The van der Waals surface area contributed by atoms with Crippen molar-refractivity contribution < 1.29 is 17.9 Å². The third kappa shape index (κ3) is 4.82. The van der Waals surface area contributed by atoms with E-state index in [0.717, 1.165) is 4.47 Å². The van der Waals surface area contributed by atoms with Crippen molar-refractivity contribution >= 4 is 33.2 Å². The summed E-state index contributed by atoms with van der Waals surface area (Å²) >= 11 is 9.22. The average molecular weight is 381 g/mol. The van der Waals surface area contributed by atoms with Crippen molar-refractivity contribution in [1.29, 1.82) is 0 Å². The molecule has 2 aromatic rings. The maximum Gasteiger partial charge on any atom is 0.573 e. The summed E-state index contributed by atoms with van der Waals surface area (Å²) in [7, 11) is 0. The lowest BCUT2D eigenvalue weighted by Crippen LogP contribution is -2.18. The first-order valence-electron chi connectivity index (χ1n) is 5.88. The van der Waals surface area contributed by atoms with E-state index in [-0.39, 0.29) is 12.3 Å². The van der Waals surface area contributed by atoms with Gasteiger partial charge in [0.1, 0.15) is 5.75 Å². The lowest BCUT2D eigenvalue weighted by molar-refractivity contribution is -0.274. The van der Waals surface area contributed by atoms with Crippen molar-refractivity contribution in [2.45, 2.75) is 12.9 Å². The second kappa shape index (κ2) is 6.58. The second-order valence-corrected chi connectivity index (χ2v) is 5.42. The fourth-order valence-electron chi connectivity index (χ4n) is 1.70. The summed E-state index contributed by atoms with van der Waals surface area (Å²) in [5, 5.41) is 3.55. The molecule has 0 spiro atoms. The standard InChI is InChI=1S/C14H10BrClF3NO/c15-11-6-5-10(16)7-12(11)20-8-9-3-1-2-4-13(9)21-14(17,18)19/h1-7,20H,8H2. The molecule has 0 aliphatic carbocycles. The molecule has 0 saturated carbocycles. The van der Waals surface area contributed by atoms with Crippen molar-refractivity contribution in [2.75, 3.05) is 5.32 Å². The molecule has 2 aromatic carbocycles. The molecule has 0 aromatic heterocycles. The maximum atomic E-state index is 12.3. The van der Waals surface area contributed by atoms with Gasteiger partial charge in [-0.15, -0.1) is 13.2 Å². The molecule has 0 saturated heterocycles. The zero-order chi connectivity index (χ0) is 15.5. The van der Waals surface area contributed by atoms with Crippen LogP contribution in [0.5, 0.6) is 5.75 Å². The number of para-hydroxylation sites is 1. The van der Waals surface area contributed by atoms with Gasteiger partial charge in [0.2, 0.25) is 0 Å². The van der Waals surface area contributed by atoms with Crippen LogP contribution in [0.3, 0.4) is 0 Å². The number of benzene rings is 2. The number of rotatable bonds is 4. The normalized spacial score (nSPS) is 11.3. The highest BCUT2D eigenvalue weighted by Crippen LogP contribution is 2.29. The molecule has 0 bridgehead atoms. The van der Waals surface area contributed by atoms with Gasteiger partial charge in [-0.3, -0.25) is 0 Å². The SMILES string of the molecule is FC(F)(F)Oc1ccccc1CNc1cc(Cl)ccc1Br. The van der Waals surface area contributed by atoms with E-state index < -0.39 is 6.36 Å². The van der Waals surface area contributed by atoms with Crippen LogP contribution < -0.4 is 10.1 Å². The van der Waals surface area contributed by atoms with Gasteiger partial charge in [-0.05, 0) is 40.2 Å². The summed E-state index contributed by atoms with van der Waals surface area (Å²) in [4.78, 5) is 0. The minimum Gasteiger partial charge on any atom is -0.405 e. The Morgan fingerprint density at radius 1 is 1.14 bits per heavy atom. The Hall–Kier alpha value is -1.40. The fraction of sp³-hybridized carbons (Fsp3) is 0.143. The van der Waals surface area contributed by atoms with Crippen molar-refractivity contribution in [3.63, 3.8) is 0 Å². The van der Waals surface area contributed by atoms with E-state index in [1.165, 1.54) is 12.1 Å². The van der Waals surface area contributed by atoms with Crippen LogP contribution in [0.25, 0.3) is 0 Å². The molecule has 112 valence electrons. The molecule has 0 aliphatic rings. The van der Waals surface area contributed by atoms with Crippen LogP contribution in [-0.2, 0) is 6.54 Å². The Kier molecular flexibility index (Phi) is 5.00. The predicted octanol–water partition coefficient (Wildman–Crippen LogP) is 5.61. The highest BCUT2D eigenvalue weighted by atomic mass is 79.9. The molecule has 21 heavy (non-hydrogen) atoms. The molecule has 0 fully saturated rings. The van der Waals surface area contributed by atoms with E-state index >= 15 is 0 Å². The molecule has 0 unspecified atom stereocenters. The van der Waals surface area contributed by atoms with Crippen molar-refractivity contribution in [1.82, 2.24) is 0 Å². The van der Waals surface area contributed by atoms with E-state index in [9.17, 15) is 13.2 Å². The molecule has 2 rings (SSSR count). The zero-order valence-corrected chi connectivity index (χ0v) is 12.9. The van der Waals surface area contributed by atoms with Gasteiger partial charge in [-0.1, -0.05) is 29.8 Å². The Balaban J connectivity index is 2.15. The van der Waals surface area contributed by atoms with Gasteiger partial charge in [-0.25, -0.2) is 0 Å². The Morgan fingerprint density at radius 2 is 1.86 bits per heavy atom. The van der Waals surface area contributed by atoms with Crippen molar-refractivity contribution in [3.8, 4) is 5.75 Å². The Bertz CT molecular complexity index is 634. The van der Waals surface area contributed by atoms with Crippen LogP contribution in [0.1, 0.15) is 5.56 Å². The molecule has 0 amide bonds. The fourth-order valence-corrected chi connectivity index (χ4v) is 2.26. The zero-order valence-electron chi connectivity index (χ0n) is 10.5. The van der Waals surface area contributed by atoms with E-state index in [2.05, 4.69) is 26.0 Å². The molecule has 7 heteroatoms. The summed E-state index contributed by atoms with van der Waals surface area (Å²) in [6, 6.07) is 11.1. The second-order valence-electron chi connectivity index (χ2n) is 4.13. The smallest absolute Gasteiger partial charge is 0.405 e. The van der Waals surface area contributed by atoms with Crippen LogP contribution in [0.2, 0.25) is 5.02 Å². The van der Waals surface area contributed by atoms with E-state index in [1.54, 1.807) is 30.3 Å².